The van der Waals surface area contributed by atoms with Gasteiger partial charge in [0.1, 0.15) is 0 Å². The van der Waals surface area contributed by atoms with Crippen LogP contribution in [0.2, 0.25) is 5.02 Å². The molecule has 0 saturated carbocycles. The number of aryl methyl sites for hydroxylation is 1. The molecule has 3 aromatic rings. The molecule has 0 radical (unpaired) electrons. The Morgan fingerprint density at radius 1 is 1.06 bits per heavy atom. The van der Waals surface area contributed by atoms with Gasteiger partial charge >= 0.3 is 5.97 Å². The van der Waals surface area contributed by atoms with Crippen molar-refractivity contribution < 1.29 is 14.3 Å². The smallest absolute Gasteiger partial charge is 0.343 e. The Bertz CT molecular complexity index is 1120. The van der Waals surface area contributed by atoms with Gasteiger partial charge in [-0.1, -0.05) is 35.4 Å². The van der Waals surface area contributed by atoms with Gasteiger partial charge in [0.15, 0.2) is 16.6 Å². The minimum atomic E-state index is -0.459. The average molecular weight is 454 g/mol. The number of methoxy groups -OCH3 is 1. The highest BCUT2D eigenvalue weighted by molar-refractivity contribution is 7.80. The molecule has 0 unspecified atom stereocenters. The van der Waals surface area contributed by atoms with Gasteiger partial charge in [-0.05, 0) is 73.2 Å². The van der Waals surface area contributed by atoms with Crippen molar-refractivity contribution in [2.24, 2.45) is 5.10 Å². The van der Waals surface area contributed by atoms with Gasteiger partial charge in [-0.15, -0.1) is 0 Å². The molecule has 0 aliphatic heterocycles. The van der Waals surface area contributed by atoms with Crippen LogP contribution in [0, 0.1) is 6.92 Å². The van der Waals surface area contributed by atoms with Gasteiger partial charge in [-0.2, -0.15) is 5.10 Å². The Hall–Kier alpha value is -3.42. The van der Waals surface area contributed by atoms with Crippen LogP contribution < -0.4 is 20.2 Å². The van der Waals surface area contributed by atoms with E-state index < -0.39 is 5.97 Å². The summed E-state index contributed by atoms with van der Waals surface area (Å²) in [6.45, 7) is 1.95. The maximum Gasteiger partial charge on any atom is 0.343 e. The van der Waals surface area contributed by atoms with Crippen LogP contribution in [0.3, 0.4) is 0 Å². The Labute approximate surface area is 190 Å². The number of hydrogen-bond acceptors (Lipinski definition) is 5. The first kappa shape index (κ1) is 22.3. The number of hydrazone groups is 1. The van der Waals surface area contributed by atoms with Gasteiger partial charge in [-0.3, -0.25) is 5.43 Å². The van der Waals surface area contributed by atoms with Gasteiger partial charge in [0.25, 0.3) is 0 Å². The first-order valence-corrected chi connectivity index (χ1v) is 10.1. The molecular formula is C23H20ClN3O3S. The van der Waals surface area contributed by atoms with Gasteiger partial charge in [0.2, 0.25) is 0 Å². The second-order valence-electron chi connectivity index (χ2n) is 6.50. The van der Waals surface area contributed by atoms with E-state index in [1.807, 2.05) is 31.2 Å². The van der Waals surface area contributed by atoms with Crippen LogP contribution in [0.15, 0.2) is 71.8 Å². The van der Waals surface area contributed by atoms with E-state index in [-0.39, 0.29) is 0 Å². The third-order valence-corrected chi connectivity index (χ3v) is 4.57. The molecule has 3 rings (SSSR count). The number of nitrogens with zero attached hydrogens (tertiary/aromatic N) is 1. The number of ether oxygens (including phenoxy) is 2. The van der Waals surface area contributed by atoms with Crippen LogP contribution in [0.1, 0.15) is 21.5 Å². The van der Waals surface area contributed by atoms with Crippen molar-refractivity contribution >= 4 is 46.8 Å². The second-order valence-corrected chi connectivity index (χ2v) is 7.34. The molecule has 158 valence electrons. The second kappa shape index (κ2) is 10.6. The summed E-state index contributed by atoms with van der Waals surface area (Å²) in [7, 11) is 1.50. The summed E-state index contributed by atoms with van der Waals surface area (Å²) in [5.74, 6) is 0.263. The maximum absolute atomic E-state index is 12.4. The summed E-state index contributed by atoms with van der Waals surface area (Å²) < 4.78 is 10.8. The molecular weight excluding hydrogens is 434 g/mol. The third kappa shape index (κ3) is 6.53. The molecule has 0 saturated heterocycles. The number of nitrogens with one attached hydrogen (secondary N) is 2. The lowest BCUT2D eigenvalue weighted by Crippen LogP contribution is -2.23. The molecule has 0 heterocycles. The average Bonchev–Trinajstić information content (AvgIpc) is 2.75. The van der Waals surface area contributed by atoms with Gasteiger partial charge in [-0.25, -0.2) is 4.79 Å². The van der Waals surface area contributed by atoms with Crippen LogP contribution in [-0.2, 0) is 0 Å². The number of esters is 1. The number of benzene rings is 3. The molecule has 0 bridgehead atoms. The highest BCUT2D eigenvalue weighted by Crippen LogP contribution is 2.28. The molecule has 31 heavy (non-hydrogen) atoms. The maximum atomic E-state index is 12.4. The fourth-order valence-corrected chi connectivity index (χ4v) is 2.95. The molecule has 0 aliphatic carbocycles. The first-order valence-electron chi connectivity index (χ1n) is 9.27. The molecule has 6 nitrogen and oxygen atoms in total. The summed E-state index contributed by atoms with van der Waals surface area (Å²) in [6, 6.07) is 19.4. The van der Waals surface area contributed by atoms with Crippen molar-refractivity contribution in [1.29, 1.82) is 0 Å². The zero-order valence-corrected chi connectivity index (χ0v) is 18.5. The molecule has 0 atom stereocenters. The molecule has 0 aliphatic rings. The SMILES string of the molecule is COc1cc(/C=N/NC(=S)Nc2cccc(Cl)c2)ccc1OC(=O)c1ccc(C)cc1. The standard InChI is InChI=1S/C23H20ClN3O3S/c1-15-6-9-17(10-7-15)22(28)30-20-11-8-16(12-21(20)29-2)14-25-27-23(31)26-19-5-3-4-18(24)13-19/h3-14H,1-2H3,(H2,26,27,31)/b25-14+. The Kier molecular flexibility index (Phi) is 7.59. The molecule has 2 N–H and O–H groups in total. The quantitative estimate of drug-likeness (QED) is 0.176. The highest BCUT2D eigenvalue weighted by atomic mass is 35.5. The first-order chi connectivity index (χ1) is 14.9. The van der Waals surface area contributed by atoms with Crippen molar-refractivity contribution in [1.82, 2.24) is 5.43 Å². The summed E-state index contributed by atoms with van der Waals surface area (Å²) in [6.07, 6.45) is 1.57. The number of carbonyl (C=O) groups is 1. The van der Waals surface area contributed by atoms with E-state index in [0.717, 1.165) is 16.8 Å². The molecule has 8 heteroatoms. The lowest BCUT2D eigenvalue weighted by molar-refractivity contribution is 0.0729. The summed E-state index contributed by atoms with van der Waals surface area (Å²) in [4.78, 5) is 12.4. The van der Waals surface area contributed by atoms with E-state index >= 15 is 0 Å². The van der Waals surface area contributed by atoms with Gasteiger partial charge in [0, 0.05) is 10.7 Å². The summed E-state index contributed by atoms with van der Waals surface area (Å²) in [5.41, 5.74) is 5.73. The van der Waals surface area contributed by atoms with Gasteiger partial charge in [0.05, 0.1) is 18.9 Å². The zero-order chi connectivity index (χ0) is 22.2. The van der Waals surface area contributed by atoms with Crippen molar-refractivity contribution in [3.63, 3.8) is 0 Å². The predicted octanol–water partition coefficient (Wildman–Crippen LogP) is 5.20. The zero-order valence-electron chi connectivity index (χ0n) is 16.9. The van der Waals surface area contributed by atoms with Crippen molar-refractivity contribution in [2.75, 3.05) is 12.4 Å². The Morgan fingerprint density at radius 3 is 2.55 bits per heavy atom. The third-order valence-electron chi connectivity index (χ3n) is 4.14. The van der Waals surface area contributed by atoms with Crippen LogP contribution in [0.5, 0.6) is 11.5 Å². The number of rotatable bonds is 6. The van der Waals surface area contributed by atoms with Crippen molar-refractivity contribution in [3.05, 3.63) is 88.4 Å². The summed E-state index contributed by atoms with van der Waals surface area (Å²) in [5, 5.41) is 8.01. The van der Waals surface area contributed by atoms with Crippen LogP contribution in [-0.4, -0.2) is 24.4 Å². The van der Waals surface area contributed by atoms with E-state index in [0.29, 0.717) is 27.2 Å². The topological polar surface area (TPSA) is 71.9 Å². The minimum absolute atomic E-state index is 0.314. The van der Waals surface area contributed by atoms with E-state index in [2.05, 4.69) is 15.8 Å². The van der Waals surface area contributed by atoms with Crippen LogP contribution >= 0.6 is 23.8 Å². The number of carbonyl (C=O) groups excluding carboxylic acids is 1. The number of hydrogen-bond donors (Lipinski definition) is 2. The molecule has 0 amide bonds. The Morgan fingerprint density at radius 2 is 1.84 bits per heavy atom. The lowest BCUT2D eigenvalue weighted by atomic mass is 10.1. The molecule has 0 fully saturated rings. The predicted molar refractivity (Wildman–Crippen MR) is 128 cm³/mol. The van der Waals surface area contributed by atoms with Crippen molar-refractivity contribution in [3.8, 4) is 11.5 Å². The largest absolute Gasteiger partial charge is 0.493 e. The monoisotopic (exact) mass is 453 g/mol. The molecule has 0 aromatic heterocycles. The van der Waals surface area contributed by atoms with Crippen LogP contribution in [0.4, 0.5) is 5.69 Å². The number of anilines is 1. The van der Waals surface area contributed by atoms with E-state index in [1.54, 1.807) is 48.7 Å². The van der Waals surface area contributed by atoms with Gasteiger partial charge < -0.3 is 14.8 Å². The van der Waals surface area contributed by atoms with E-state index in [4.69, 9.17) is 33.3 Å². The normalized spacial score (nSPS) is 10.5. The molecule has 3 aromatic carbocycles. The summed E-state index contributed by atoms with van der Waals surface area (Å²) >= 11 is 11.2. The minimum Gasteiger partial charge on any atom is -0.493 e. The number of halogens is 1. The fourth-order valence-electron chi connectivity index (χ4n) is 2.59. The lowest BCUT2D eigenvalue weighted by Gasteiger charge is -2.10. The Balaban J connectivity index is 1.61. The van der Waals surface area contributed by atoms with Crippen molar-refractivity contribution in [2.45, 2.75) is 6.92 Å². The van der Waals surface area contributed by atoms with E-state index in [9.17, 15) is 4.79 Å². The van der Waals surface area contributed by atoms with E-state index in [1.165, 1.54) is 7.11 Å². The van der Waals surface area contributed by atoms with Crippen LogP contribution in [0.25, 0.3) is 0 Å². The fraction of sp³-hybridized carbons (Fsp3) is 0.0870. The molecule has 0 spiro atoms. The highest BCUT2D eigenvalue weighted by Gasteiger charge is 2.12. The number of thiocarbonyl (C=S) groups is 1.